The van der Waals surface area contributed by atoms with Crippen molar-refractivity contribution in [1.29, 1.82) is 0 Å². The second kappa shape index (κ2) is 5.81. The summed E-state index contributed by atoms with van der Waals surface area (Å²) < 4.78 is 0.901. The Morgan fingerprint density at radius 1 is 1.18 bits per heavy atom. The minimum Gasteiger partial charge on any atom is -0.508 e. The monoisotopic (exact) mass is 360 g/mol. The second-order valence-corrected chi connectivity index (χ2v) is 5.98. The minimum atomic E-state index is -0.523. The fourth-order valence-corrected chi connectivity index (χ4v) is 2.96. The van der Waals surface area contributed by atoms with Gasteiger partial charge in [0.2, 0.25) is 6.54 Å². The number of rotatable bonds is 4. The Balaban J connectivity index is 2.19. The molecule has 1 atom stereocenters. The van der Waals surface area contributed by atoms with E-state index in [9.17, 15) is 15.2 Å². The van der Waals surface area contributed by atoms with Crippen molar-refractivity contribution in [1.82, 2.24) is 4.98 Å². The van der Waals surface area contributed by atoms with Crippen LogP contribution in [0.25, 0.3) is 10.9 Å². The maximum absolute atomic E-state index is 11.1. The van der Waals surface area contributed by atoms with Crippen LogP contribution in [0.4, 0.5) is 0 Å². The molecule has 1 heterocycles. The number of nitrogens with zero attached hydrogens (tertiary/aromatic N) is 1. The largest absolute Gasteiger partial charge is 0.508 e. The zero-order chi connectivity index (χ0) is 15.7. The number of fused-ring (bicyclic) bond motifs is 1. The number of H-pyrrole nitrogens is 1. The zero-order valence-corrected chi connectivity index (χ0v) is 13.1. The maximum Gasteiger partial charge on any atom is 0.214 e. The molecule has 0 unspecified atom stereocenters. The predicted molar refractivity (Wildman–Crippen MR) is 87.8 cm³/mol. The average molecular weight is 361 g/mol. The van der Waals surface area contributed by atoms with Gasteiger partial charge in [0, 0.05) is 21.2 Å². The summed E-state index contributed by atoms with van der Waals surface area (Å²) in [4.78, 5) is 13.8. The number of benzene rings is 2. The molecule has 22 heavy (non-hydrogen) atoms. The topological polar surface area (TPSA) is 79.2 Å². The van der Waals surface area contributed by atoms with E-state index in [0.717, 1.165) is 20.9 Å². The number of halogens is 1. The highest BCUT2D eigenvalue weighted by molar-refractivity contribution is 9.10. The molecule has 0 amide bonds. The van der Waals surface area contributed by atoms with Gasteiger partial charge in [0.15, 0.2) is 0 Å². The lowest BCUT2D eigenvalue weighted by Gasteiger charge is -2.16. The van der Waals surface area contributed by atoms with Crippen molar-refractivity contribution in [3.05, 3.63) is 74.4 Å². The molecule has 0 aliphatic heterocycles. The lowest BCUT2D eigenvalue weighted by atomic mass is 9.89. The maximum atomic E-state index is 11.1. The average Bonchev–Trinajstić information content (AvgIpc) is 2.94. The first-order valence-corrected chi connectivity index (χ1v) is 7.52. The van der Waals surface area contributed by atoms with Crippen molar-refractivity contribution >= 4 is 26.8 Å². The van der Waals surface area contributed by atoms with Gasteiger partial charge in [-0.2, -0.15) is 0 Å². The number of aromatic amines is 1. The molecule has 5 nitrogen and oxygen atoms in total. The first-order valence-electron chi connectivity index (χ1n) is 6.72. The van der Waals surface area contributed by atoms with Crippen molar-refractivity contribution in [2.75, 3.05) is 6.54 Å². The van der Waals surface area contributed by atoms with Crippen molar-refractivity contribution in [2.24, 2.45) is 0 Å². The second-order valence-electron chi connectivity index (χ2n) is 5.06. The molecule has 0 bridgehead atoms. The van der Waals surface area contributed by atoms with E-state index in [1.807, 2.05) is 30.3 Å². The molecular weight excluding hydrogens is 348 g/mol. The summed E-state index contributed by atoms with van der Waals surface area (Å²) >= 11 is 3.36. The van der Waals surface area contributed by atoms with Crippen molar-refractivity contribution in [3.8, 4) is 5.75 Å². The van der Waals surface area contributed by atoms with E-state index in [4.69, 9.17) is 0 Å². The van der Waals surface area contributed by atoms with E-state index in [0.29, 0.717) is 5.56 Å². The summed E-state index contributed by atoms with van der Waals surface area (Å²) in [6.45, 7) is -0.284. The lowest BCUT2D eigenvalue weighted by molar-refractivity contribution is -0.481. The molecule has 112 valence electrons. The molecule has 2 aromatic carbocycles. The fraction of sp³-hybridized carbons (Fsp3) is 0.125. The van der Waals surface area contributed by atoms with Crippen LogP contribution in [0.15, 0.2) is 53.1 Å². The van der Waals surface area contributed by atoms with Gasteiger partial charge in [0.1, 0.15) is 5.75 Å². The van der Waals surface area contributed by atoms with Crippen LogP contribution in [0, 0.1) is 10.1 Å². The number of aromatic hydroxyl groups is 1. The van der Waals surface area contributed by atoms with Crippen LogP contribution >= 0.6 is 15.9 Å². The molecule has 6 heteroatoms. The van der Waals surface area contributed by atoms with Crippen LogP contribution in [0.1, 0.15) is 17.0 Å². The molecule has 0 saturated heterocycles. The summed E-state index contributed by atoms with van der Waals surface area (Å²) in [5.41, 5.74) is 2.08. The molecule has 0 aliphatic carbocycles. The van der Waals surface area contributed by atoms with Crippen LogP contribution < -0.4 is 0 Å². The minimum absolute atomic E-state index is 0.0599. The quantitative estimate of drug-likeness (QED) is 0.544. The molecule has 3 aromatic rings. The Labute approximate surface area is 134 Å². The number of hydrogen-bond acceptors (Lipinski definition) is 3. The van der Waals surface area contributed by atoms with Gasteiger partial charge in [0.05, 0.1) is 11.4 Å². The van der Waals surface area contributed by atoms with Gasteiger partial charge >= 0.3 is 0 Å². The summed E-state index contributed by atoms with van der Waals surface area (Å²) in [6.07, 6.45) is 1.76. The summed E-state index contributed by atoms with van der Waals surface area (Å²) in [5, 5.41) is 22.3. The Morgan fingerprint density at radius 2 is 1.91 bits per heavy atom. The first kappa shape index (κ1) is 14.6. The Hall–Kier alpha value is -2.34. The predicted octanol–water partition coefficient (Wildman–Crippen LogP) is 4.04. The van der Waals surface area contributed by atoms with Crippen LogP contribution in [0.5, 0.6) is 5.75 Å². The van der Waals surface area contributed by atoms with E-state index >= 15 is 0 Å². The van der Waals surface area contributed by atoms with Crippen LogP contribution in [0.2, 0.25) is 0 Å². The van der Waals surface area contributed by atoms with Crippen LogP contribution in [0.3, 0.4) is 0 Å². The number of nitrogens with one attached hydrogen (secondary N) is 1. The fourth-order valence-electron chi connectivity index (χ4n) is 2.70. The number of phenols is 1. The molecule has 1 aromatic heterocycles. The Kier molecular flexibility index (Phi) is 3.85. The van der Waals surface area contributed by atoms with E-state index in [-0.39, 0.29) is 17.2 Å². The molecule has 0 spiro atoms. The number of phenolic OH excluding ortho intramolecular Hbond substituents is 1. The SMILES string of the molecule is O=[N+]([O-])C[C@@H](c1ccc(Br)cc1)c1c(O)ccc2cc[nH]c12. The highest BCUT2D eigenvalue weighted by Gasteiger charge is 2.25. The first-order chi connectivity index (χ1) is 10.6. The van der Waals surface area contributed by atoms with Gasteiger partial charge in [-0.1, -0.05) is 28.1 Å². The van der Waals surface area contributed by atoms with Crippen LogP contribution in [-0.2, 0) is 0 Å². The Bertz CT molecular complexity index is 827. The van der Waals surface area contributed by atoms with E-state index < -0.39 is 5.92 Å². The van der Waals surface area contributed by atoms with E-state index in [1.165, 1.54) is 0 Å². The van der Waals surface area contributed by atoms with Crippen molar-refractivity contribution in [2.45, 2.75) is 5.92 Å². The smallest absolute Gasteiger partial charge is 0.214 e. The molecule has 3 rings (SSSR count). The summed E-state index contributed by atoms with van der Waals surface area (Å²) in [5.74, 6) is -0.463. The summed E-state index contributed by atoms with van der Waals surface area (Å²) in [7, 11) is 0. The van der Waals surface area contributed by atoms with Gasteiger partial charge in [-0.25, -0.2) is 0 Å². The summed E-state index contributed by atoms with van der Waals surface area (Å²) in [6, 6.07) is 12.6. The lowest BCUT2D eigenvalue weighted by Crippen LogP contribution is -2.14. The van der Waals surface area contributed by atoms with Gasteiger partial charge in [-0.15, -0.1) is 0 Å². The normalized spacial score (nSPS) is 12.4. The number of aromatic nitrogens is 1. The third-order valence-corrected chi connectivity index (χ3v) is 4.23. The highest BCUT2D eigenvalue weighted by atomic mass is 79.9. The van der Waals surface area contributed by atoms with Crippen molar-refractivity contribution < 1.29 is 10.0 Å². The van der Waals surface area contributed by atoms with E-state index in [2.05, 4.69) is 20.9 Å². The molecular formula is C16H13BrN2O3. The molecule has 2 N–H and O–H groups in total. The van der Waals surface area contributed by atoms with E-state index in [1.54, 1.807) is 18.3 Å². The van der Waals surface area contributed by atoms with Gasteiger partial charge in [-0.05, 0) is 41.3 Å². The molecule has 0 radical (unpaired) electrons. The van der Waals surface area contributed by atoms with Gasteiger partial charge < -0.3 is 10.1 Å². The number of hydrogen-bond donors (Lipinski definition) is 2. The Morgan fingerprint density at radius 3 is 2.59 bits per heavy atom. The standard InChI is InChI=1S/C16H13BrN2O3/c17-12-4-1-10(2-5-12)13(9-19(21)22)15-14(20)6-3-11-7-8-18-16(11)15/h1-8,13,18,20H,9H2/t13-/m0/s1. The molecule has 0 saturated carbocycles. The van der Waals surface area contributed by atoms with Gasteiger partial charge in [-0.3, -0.25) is 10.1 Å². The third-order valence-electron chi connectivity index (χ3n) is 3.70. The number of nitro groups is 1. The zero-order valence-electron chi connectivity index (χ0n) is 11.5. The van der Waals surface area contributed by atoms with Gasteiger partial charge in [0.25, 0.3) is 0 Å². The molecule has 0 aliphatic rings. The van der Waals surface area contributed by atoms with Crippen molar-refractivity contribution in [3.63, 3.8) is 0 Å². The van der Waals surface area contributed by atoms with Crippen LogP contribution in [-0.4, -0.2) is 21.6 Å². The molecule has 0 fully saturated rings. The highest BCUT2D eigenvalue weighted by Crippen LogP contribution is 2.37. The third kappa shape index (κ3) is 2.69.